The smallest absolute Gasteiger partial charge is 0.107 e. The van der Waals surface area contributed by atoms with E-state index in [0.29, 0.717) is 0 Å². The number of nitrogens with one attached hydrogen (secondary N) is 2. The van der Waals surface area contributed by atoms with Crippen molar-refractivity contribution in [2.24, 2.45) is 0 Å². The Morgan fingerprint density at radius 1 is 1.42 bits per heavy atom. The van der Waals surface area contributed by atoms with Crippen molar-refractivity contribution in [3.63, 3.8) is 0 Å². The van der Waals surface area contributed by atoms with Crippen molar-refractivity contribution < 1.29 is 0 Å². The van der Waals surface area contributed by atoms with Crippen LogP contribution in [-0.2, 0) is 6.42 Å². The van der Waals surface area contributed by atoms with Gasteiger partial charge in [-0.05, 0) is 37.1 Å². The van der Waals surface area contributed by atoms with Crippen LogP contribution in [0, 0.1) is 6.92 Å². The molecule has 2 N–H and O–H groups in total. The summed E-state index contributed by atoms with van der Waals surface area (Å²) in [5.74, 6) is 0.977. The second-order valence-corrected chi connectivity index (χ2v) is 5.18. The number of nitrogens with zero attached hydrogens (tertiary/aromatic N) is 1. The highest BCUT2D eigenvalue weighted by Gasteiger charge is 2.15. The highest BCUT2D eigenvalue weighted by Crippen LogP contribution is 2.26. The van der Waals surface area contributed by atoms with Gasteiger partial charge in [0.25, 0.3) is 0 Å². The molecule has 1 unspecified atom stereocenters. The van der Waals surface area contributed by atoms with E-state index in [1.54, 1.807) is 6.20 Å². The molecule has 1 atom stereocenters. The van der Waals surface area contributed by atoms with Gasteiger partial charge in [-0.15, -0.1) is 0 Å². The van der Waals surface area contributed by atoms with Gasteiger partial charge in [0.15, 0.2) is 0 Å². The predicted molar refractivity (Wildman–Crippen MR) is 79.5 cm³/mol. The molecule has 19 heavy (non-hydrogen) atoms. The molecular weight excluding hydrogens is 258 g/mol. The zero-order valence-electron chi connectivity index (χ0n) is 11.4. The van der Waals surface area contributed by atoms with Gasteiger partial charge >= 0.3 is 0 Å². The van der Waals surface area contributed by atoms with Crippen molar-refractivity contribution in [3.05, 3.63) is 52.6 Å². The summed E-state index contributed by atoms with van der Waals surface area (Å²) in [5, 5.41) is 4.36. The van der Waals surface area contributed by atoms with Crippen molar-refractivity contribution >= 4 is 11.6 Å². The summed E-state index contributed by atoms with van der Waals surface area (Å²) in [6.07, 6.45) is 5.54. The Hall–Kier alpha value is -1.32. The minimum Gasteiger partial charge on any atom is -0.349 e. The first-order chi connectivity index (χ1) is 9.20. The van der Waals surface area contributed by atoms with E-state index in [4.69, 9.17) is 11.6 Å². The largest absolute Gasteiger partial charge is 0.349 e. The summed E-state index contributed by atoms with van der Waals surface area (Å²) in [6.45, 7) is 5.18. The van der Waals surface area contributed by atoms with E-state index in [0.717, 1.165) is 35.8 Å². The number of H-pyrrole nitrogens is 1. The molecule has 1 aromatic heterocycles. The first-order valence-electron chi connectivity index (χ1n) is 6.68. The van der Waals surface area contributed by atoms with Crippen molar-refractivity contribution in [1.82, 2.24) is 15.3 Å². The van der Waals surface area contributed by atoms with Crippen LogP contribution in [0.2, 0.25) is 5.02 Å². The lowest BCUT2D eigenvalue weighted by Gasteiger charge is -2.19. The van der Waals surface area contributed by atoms with Gasteiger partial charge in [-0.2, -0.15) is 0 Å². The molecule has 0 aliphatic rings. The first kappa shape index (κ1) is 14.1. The molecule has 4 heteroatoms. The number of halogens is 1. The summed E-state index contributed by atoms with van der Waals surface area (Å²) in [4.78, 5) is 7.45. The number of hydrogen-bond donors (Lipinski definition) is 2. The van der Waals surface area contributed by atoms with Crippen molar-refractivity contribution in [1.29, 1.82) is 0 Å². The molecule has 3 nitrogen and oxygen atoms in total. The molecule has 2 aromatic rings. The van der Waals surface area contributed by atoms with Crippen molar-refractivity contribution in [2.75, 3.05) is 6.54 Å². The van der Waals surface area contributed by atoms with Gasteiger partial charge in [0, 0.05) is 29.9 Å². The second kappa shape index (κ2) is 6.73. The molecule has 0 radical (unpaired) electrons. The molecule has 0 aliphatic carbocycles. The Morgan fingerprint density at radius 3 is 2.89 bits per heavy atom. The van der Waals surface area contributed by atoms with E-state index < -0.39 is 0 Å². The maximum absolute atomic E-state index is 6.37. The zero-order chi connectivity index (χ0) is 13.7. The molecular formula is C15H20ClN3. The SMILES string of the molecule is CCCNC(Cc1ncc[nH]1)c1ccc(C)cc1Cl. The fourth-order valence-corrected chi connectivity index (χ4v) is 2.50. The van der Waals surface area contributed by atoms with Gasteiger partial charge < -0.3 is 10.3 Å². The van der Waals surface area contributed by atoms with Crippen LogP contribution in [0.25, 0.3) is 0 Å². The second-order valence-electron chi connectivity index (χ2n) is 4.77. The van der Waals surface area contributed by atoms with E-state index >= 15 is 0 Å². The Morgan fingerprint density at radius 2 is 2.26 bits per heavy atom. The summed E-state index contributed by atoms with van der Waals surface area (Å²) in [5.41, 5.74) is 2.32. The third-order valence-corrected chi connectivity index (χ3v) is 3.45. The molecule has 0 fully saturated rings. The minimum atomic E-state index is 0.194. The van der Waals surface area contributed by atoms with Gasteiger partial charge in [0.05, 0.1) is 0 Å². The summed E-state index contributed by atoms with van der Waals surface area (Å²) < 4.78 is 0. The molecule has 0 saturated carbocycles. The number of aromatic amines is 1. The summed E-state index contributed by atoms with van der Waals surface area (Å²) >= 11 is 6.37. The van der Waals surface area contributed by atoms with Crippen LogP contribution in [-0.4, -0.2) is 16.5 Å². The highest BCUT2D eigenvalue weighted by atomic mass is 35.5. The molecule has 1 aromatic carbocycles. The van der Waals surface area contributed by atoms with Gasteiger partial charge in [-0.3, -0.25) is 0 Å². The van der Waals surface area contributed by atoms with E-state index in [1.807, 2.05) is 12.3 Å². The predicted octanol–water partition coefficient (Wildman–Crippen LogP) is 3.65. The highest BCUT2D eigenvalue weighted by molar-refractivity contribution is 6.31. The van der Waals surface area contributed by atoms with Gasteiger partial charge in [0.2, 0.25) is 0 Å². The lowest BCUT2D eigenvalue weighted by atomic mass is 10.0. The van der Waals surface area contributed by atoms with E-state index in [1.165, 1.54) is 5.56 Å². The lowest BCUT2D eigenvalue weighted by Crippen LogP contribution is -2.24. The van der Waals surface area contributed by atoms with Crippen molar-refractivity contribution in [2.45, 2.75) is 32.7 Å². The normalized spacial score (nSPS) is 12.6. The number of aryl methyl sites for hydroxylation is 1. The standard InChI is InChI=1S/C15H20ClN3/c1-3-6-17-14(10-15-18-7-8-19-15)12-5-4-11(2)9-13(12)16/h4-5,7-9,14,17H,3,6,10H2,1-2H3,(H,18,19). The van der Waals surface area contributed by atoms with E-state index in [-0.39, 0.29) is 6.04 Å². The summed E-state index contributed by atoms with van der Waals surface area (Å²) in [6, 6.07) is 6.41. The van der Waals surface area contributed by atoms with Crippen LogP contribution in [0.1, 0.15) is 36.3 Å². The number of hydrogen-bond acceptors (Lipinski definition) is 2. The zero-order valence-corrected chi connectivity index (χ0v) is 12.2. The Kier molecular flexibility index (Phi) is 5.00. The monoisotopic (exact) mass is 277 g/mol. The van der Waals surface area contributed by atoms with Gasteiger partial charge in [-0.25, -0.2) is 4.98 Å². The minimum absolute atomic E-state index is 0.194. The van der Waals surface area contributed by atoms with Gasteiger partial charge in [-0.1, -0.05) is 30.7 Å². The van der Waals surface area contributed by atoms with Crippen LogP contribution in [0.5, 0.6) is 0 Å². The third kappa shape index (κ3) is 3.82. The topological polar surface area (TPSA) is 40.7 Å². The van der Waals surface area contributed by atoms with Crippen LogP contribution in [0.4, 0.5) is 0 Å². The number of imidazole rings is 1. The fraction of sp³-hybridized carbons (Fsp3) is 0.400. The molecule has 0 aliphatic heterocycles. The average molecular weight is 278 g/mol. The van der Waals surface area contributed by atoms with Crippen LogP contribution in [0.3, 0.4) is 0 Å². The first-order valence-corrected chi connectivity index (χ1v) is 7.06. The maximum Gasteiger partial charge on any atom is 0.107 e. The molecule has 2 rings (SSSR count). The quantitative estimate of drug-likeness (QED) is 0.846. The lowest BCUT2D eigenvalue weighted by molar-refractivity contribution is 0.520. The Balaban J connectivity index is 2.20. The molecule has 1 heterocycles. The number of rotatable bonds is 6. The van der Waals surface area contributed by atoms with Crippen LogP contribution >= 0.6 is 11.6 Å². The van der Waals surface area contributed by atoms with Gasteiger partial charge in [0.1, 0.15) is 5.82 Å². The summed E-state index contributed by atoms with van der Waals surface area (Å²) in [7, 11) is 0. The number of aromatic nitrogens is 2. The fourth-order valence-electron chi connectivity index (χ4n) is 2.13. The van der Waals surface area contributed by atoms with Crippen molar-refractivity contribution in [3.8, 4) is 0 Å². The molecule has 0 bridgehead atoms. The van der Waals surface area contributed by atoms with Crippen LogP contribution < -0.4 is 5.32 Å². The Labute approximate surface area is 119 Å². The average Bonchev–Trinajstić information content (AvgIpc) is 2.88. The molecule has 0 saturated heterocycles. The molecule has 102 valence electrons. The van der Waals surface area contributed by atoms with E-state index in [2.05, 4.69) is 41.3 Å². The van der Waals surface area contributed by atoms with E-state index in [9.17, 15) is 0 Å². The van der Waals surface area contributed by atoms with Crippen LogP contribution in [0.15, 0.2) is 30.6 Å². The third-order valence-electron chi connectivity index (χ3n) is 3.12. The molecule has 0 spiro atoms. The Bertz CT molecular complexity index is 508. The molecule has 0 amide bonds. The maximum atomic E-state index is 6.37. The number of benzene rings is 1.